The van der Waals surface area contributed by atoms with Crippen LogP contribution in [0.1, 0.15) is 33.1 Å². The van der Waals surface area contributed by atoms with E-state index in [-0.39, 0.29) is 5.92 Å². The van der Waals surface area contributed by atoms with E-state index in [2.05, 4.69) is 4.90 Å². The van der Waals surface area contributed by atoms with Gasteiger partial charge in [0, 0.05) is 32.1 Å². The van der Waals surface area contributed by atoms with Crippen molar-refractivity contribution in [3.05, 3.63) is 0 Å². The number of unbranched alkanes of at least 4 members (excludes halogenated alkanes) is 2. The number of nitrogens with zero attached hydrogens (tertiary/aromatic N) is 2. The van der Waals surface area contributed by atoms with Crippen LogP contribution in [0.2, 0.25) is 0 Å². The molecule has 1 aliphatic heterocycles. The van der Waals surface area contributed by atoms with Gasteiger partial charge in [-0.2, -0.15) is 0 Å². The standard InChI is InChI=1S/C13H27N3O/c1-12(2)13(17)16-10-8-15(9-11-16)7-5-3-4-6-14/h12H,3-11,14H2,1-2H3. The monoisotopic (exact) mass is 241 g/mol. The number of nitrogens with two attached hydrogens (primary N) is 1. The quantitative estimate of drug-likeness (QED) is 0.703. The lowest BCUT2D eigenvalue weighted by Crippen LogP contribution is -2.49. The first-order valence-corrected chi connectivity index (χ1v) is 6.86. The van der Waals surface area contributed by atoms with Crippen LogP contribution in [-0.4, -0.2) is 55.0 Å². The van der Waals surface area contributed by atoms with Crippen molar-refractivity contribution in [1.82, 2.24) is 9.80 Å². The van der Waals surface area contributed by atoms with Gasteiger partial charge in [0.05, 0.1) is 0 Å². The van der Waals surface area contributed by atoms with Gasteiger partial charge in [-0.25, -0.2) is 0 Å². The van der Waals surface area contributed by atoms with E-state index in [4.69, 9.17) is 5.73 Å². The molecule has 100 valence electrons. The lowest BCUT2D eigenvalue weighted by molar-refractivity contribution is -0.136. The van der Waals surface area contributed by atoms with Crippen LogP contribution in [0, 0.1) is 5.92 Å². The van der Waals surface area contributed by atoms with E-state index in [0.29, 0.717) is 5.91 Å². The van der Waals surface area contributed by atoms with E-state index in [1.54, 1.807) is 0 Å². The number of piperazine rings is 1. The molecular formula is C13H27N3O. The van der Waals surface area contributed by atoms with Crippen molar-refractivity contribution in [2.75, 3.05) is 39.3 Å². The zero-order chi connectivity index (χ0) is 12.7. The molecule has 1 aliphatic rings. The van der Waals surface area contributed by atoms with Crippen molar-refractivity contribution >= 4 is 5.91 Å². The highest BCUT2D eigenvalue weighted by Crippen LogP contribution is 2.08. The van der Waals surface area contributed by atoms with Crippen LogP contribution in [-0.2, 0) is 4.79 Å². The minimum atomic E-state index is 0.131. The van der Waals surface area contributed by atoms with Crippen LogP contribution in [0.5, 0.6) is 0 Å². The maximum Gasteiger partial charge on any atom is 0.225 e. The molecule has 1 amide bonds. The van der Waals surface area contributed by atoms with Crippen molar-refractivity contribution in [3.63, 3.8) is 0 Å². The van der Waals surface area contributed by atoms with Gasteiger partial charge in [-0.15, -0.1) is 0 Å². The van der Waals surface area contributed by atoms with Gasteiger partial charge in [0.2, 0.25) is 5.91 Å². The topological polar surface area (TPSA) is 49.6 Å². The maximum atomic E-state index is 11.8. The van der Waals surface area contributed by atoms with E-state index in [1.165, 1.54) is 12.8 Å². The third-order valence-electron chi connectivity index (χ3n) is 3.36. The van der Waals surface area contributed by atoms with Gasteiger partial charge in [-0.1, -0.05) is 20.3 Å². The minimum absolute atomic E-state index is 0.131. The highest BCUT2D eigenvalue weighted by Gasteiger charge is 2.22. The Morgan fingerprint density at radius 1 is 1.12 bits per heavy atom. The second-order valence-corrected chi connectivity index (χ2v) is 5.17. The summed E-state index contributed by atoms with van der Waals surface area (Å²) >= 11 is 0. The summed E-state index contributed by atoms with van der Waals surface area (Å²) in [6, 6.07) is 0. The molecule has 0 aromatic rings. The zero-order valence-corrected chi connectivity index (χ0v) is 11.3. The first-order valence-electron chi connectivity index (χ1n) is 6.86. The Bertz CT molecular complexity index is 223. The summed E-state index contributed by atoms with van der Waals surface area (Å²) in [5.74, 6) is 0.430. The molecule has 17 heavy (non-hydrogen) atoms. The van der Waals surface area contributed by atoms with Crippen LogP contribution in [0.4, 0.5) is 0 Å². The molecule has 0 spiro atoms. The summed E-state index contributed by atoms with van der Waals surface area (Å²) in [7, 11) is 0. The van der Waals surface area contributed by atoms with Crippen LogP contribution in [0.15, 0.2) is 0 Å². The number of hydrogen-bond acceptors (Lipinski definition) is 3. The summed E-state index contributed by atoms with van der Waals surface area (Å²) < 4.78 is 0. The molecule has 0 aliphatic carbocycles. The number of rotatable bonds is 6. The largest absolute Gasteiger partial charge is 0.340 e. The number of carbonyl (C=O) groups is 1. The summed E-state index contributed by atoms with van der Waals surface area (Å²) in [5, 5.41) is 0. The molecule has 1 heterocycles. The van der Waals surface area contributed by atoms with Crippen molar-refractivity contribution in [3.8, 4) is 0 Å². The van der Waals surface area contributed by atoms with Gasteiger partial charge in [0.25, 0.3) is 0 Å². The van der Waals surface area contributed by atoms with Crippen molar-refractivity contribution in [2.24, 2.45) is 11.7 Å². The van der Waals surface area contributed by atoms with E-state index in [9.17, 15) is 4.79 Å². The molecule has 4 heteroatoms. The highest BCUT2D eigenvalue weighted by atomic mass is 16.2. The number of hydrogen-bond donors (Lipinski definition) is 1. The molecule has 2 N–H and O–H groups in total. The van der Waals surface area contributed by atoms with Crippen LogP contribution in [0.25, 0.3) is 0 Å². The lowest BCUT2D eigenvalue weighted by Gasteiger charge is -2.35. The predicted octanol–water partition coefficient (Wildman–Crippen LogP) is 0.916. The summed E-state index contributed by atoms with van der Waals surface area (Å²) in [5.41, 5.74) is 5.47. The smallest absolute Gasteiger partial charge is 0.225 e. The molecule has 0 atom stereocenters. The normalized spacial score (nSPS) is 17.8. The van der Waals surface area contributed by atoms with Gasteiger partial charge < -0.3 is 10.6 Å². The number of amides is 1. The van der Waals surface area contributed by atoms with E-state index in [1.807, 2.05) is 18.7 Å². The molecule has 0 radical (unpaired) electrons. The summed E-state index contributed by atoms with van der Waals surface area (Å²) in [4.78, 5) is 16.3. The van der Waals surface area contributed by atoms with Gasteiger partial charge >= 0.3 is 0 Å². The first kappa shape index (κ1) is 14.5. The second kappa shape index (κ2) is 7.67. The number of carbonyl (C=O) groups excluding carboxylic acids is 1. The lowest BCUT2D eigenvalue weighted by atomic mass is 10.1. The Hall–Kier alpha value is -0.610. The summed E-state index contributed by atoms with van der Waals surface area (Å²) in [6.45, 7) is 9.76. The minimum Gasteiger partial charge on any atom is -0.340 e. The molecule has 0 aromatic heterocycles. The molecule has 4 nitrogen and oxygen atoms in total. The second-order valence-electron chi connectivity index (χ2n) is 5.17. The SMILES string of the molecule is CC(C)C(=O)N1CCN(CCCCCN)CC1. The van der Waals surface area contributed by atoms with Crippen LogP contribution >= 0.6 is 0 Å². The third-order valence-corrected chi connectivity index (χ3v) is 3.36. The predicted molar refractivity (Wildman–Crippen MR) is 70.8 cm³/mol. The fourth-order valence-corrected chi connectivity index (χ4v) is 2.21. The molecule has 1 fully saturated rings. The Labute approximate surface area is 105 Å². The summed E-state index contributed by atoms with van der Waals surface area (Å²) in [6.07, 6.45) is 3.59. The Morgan fingerprint density at radius 2 is 1.76 bits per heavy atom. The van der Waals surface area contributed by atoms with Crippen molar-refractivity contribution in [2.45, 2.75) is 33.1 Å². The van der Waals surface area contributed by atoms with Crippen molar-refractivity contribution < 1.29 is 4.79 Å². The fraction of sp³-hybridized carbons (Fsp3) is 0.923. The van der Waals surface area contributed by atoms with E-state index >= 15 is 0 Å². The highest BCUT2D eigenvalue weighted by molar-refractivity contribution is 5.78. The average Bonchev–Trinajstić information content (AvgIpc) is 2.34. The van der Waals surface area contributed by atoms with Crippen LogP contribution < -0.4 is 5.73 Å². The van der Waals surface area contributed by atoms with Gasteiger partial charge in [0.1, 0.15) is 0 Å². The molecule has 0 bridgehead atoms. The Balaban J connectivity index is 2.15. The molecular weight excluding hydrogens is 214 g/mol. The maximum absolute atomic E-state index is 11.8. The molecule has 1 saturated heterocycles. The average molecular weight is 241 g/mol. The Morgan fingerprint density at radius 3 is 2.29 bits per heavy atom. The third kappa shape index (κ3) is 5.04. The first-order chi connectivity index (χ1) is 8.15. The van der Waals surface area contributed by atoms with Crippen LogP contribution in [0.3, 0.4) is 0 Å². The van der Waals surface area contributed by atoms with E-state index in [0.717, 1.165) is 45.7 Å². The molecule has 0 saturated carbocycles. The van der Waals surface area contributed by atoms with Crippen molar-refractivity contribution in [1.29, 1.82) is 0 Å². The van der Waals surface area contributed by atoms with Gasteiger partial charge in [-0.05, 0) is 25.9 Å². The molecule has 1 rings (SSSR count). The Kier molecular flexibility index (Phi) is 6.52. The zero-order valence-electron chi connectivity index (χ0n) is 11.3. The fourth-order valence-electron chi connectivity index (χ4n) is 2.21. The van der Waals surface area contributed by atoms with Gasteiger partial charge in [0.15, 0.2) is 0 Å². The molecule has 0 aromatic carbocycles. The van der Waals surface area contributed by atoms with Gasteiger partial charge in [-0.3, -0.25) is 9.69 Å². The molecule has 0 unspecified atom stereocenters. The van der Waals surface area contributed by atoms with E-state index < -0.39 is 0 Å².